The molecule has 0 aliphatic rings. The summed E-state index contributed by atoms with van der Waals surface area (Å²) in [6.07, 6.45) is 1.97. The number of pyridine rings is 1. The zero-order valence-electron chi connectivity index (χ0n) is 11.5. The summed E-state index contributed by atoms with van der Waals surface area (Å²) < 4.78 is 0. The second-order valence-electron chi connectivity index (χ2n) is 4.72. The molecule has 0 saturated heterocycles. The fourth-order valence-electron chi connectivity index (χ4n) is 1.76. The van der Waals surface area contributed by atoms with Crippen molar-refractivity contribution in [2.45, 2.75) is 34.2 Å². The lowest BCUT2D eigenvalue weighted by molar-refractivity contribution is 0.552. The SMILES string of the molecule is CCN(CC)c1ccc(CNCC(C)C)cn1. The normalized spacial score (nSPS) is 10.9. The van der Waals surface area contributed by atoms with Crippen molar-refractivity contribution in [3.8, 4) is 0 Å². The van der Waals surface area contributed by atoms with E-state index in [1.165, 1.54) is 5.56 Å². The number of anilines is 1. The van der Waals surface area contributed by atoms with Crippen LogP contribution < -0.4 is 10.2 Å². The van der Waals surface area contributed by atoms with Crippen LogP contribution in [-0.4, -0.2) is 24.6 Å². The van der Waals surface area contributed by atoms with Crippen molar-refractivity contribution in [1.29, 1.82) is 0 Å². The molecule has 3 heteroatoms. The highest BCUT2D eigenvalue weighted by atomic mass is 15.2. The Morgan fingerprint density at radius 3 is 2.41 bits per heavy atom. The Morgan fingerprint density at radius 1 is 1.24 bits per heavy atom. The van der Waals surface area contributed by atoms with Gasteiger partial charge in [0.25, 0.3) is 0 Å². The predicted octanol–water partition coefficient (Wildman–Crippen LogP) is 2.67. The van der Waals surface area contributed by atoms with Gasteiger partial charge in [-0.25, -0.2) is 4.98 Å². The lowest BCUT2D eigenvalue weighted by Crippen LogP contribution is -2.23. The van der Waals surface area contributed by atoms with E-state index < -0.39 is 0 Å². The summed E-state index contributed by atoms with van der Waals surface area (Å²) >= 11 is 0. The van der Waals surface area contributed by atoms with Crippen LogP contribution in [-0.2, 0) is 6.54 Å². The first kappa shape index (κ1) is 14.0. The van der Waals surface area contributed by atoms with Gasteiger partial charge in [0.1, 0.15) is 5.82 Å². The minimum atomic E-state index is 0.693. The average molecular weight is 235 g/mol. The minimum Gasteiger partial charge on any atom is -0.357 e. The third-order valence-corrected chi connectivity index (χ3v) is 2.78. The van der Waals surface area contributed by atoms with Crippen LogP contribution in [0.1, 0.15) is 33.3 Å². The molecule has 1 heterocycles. The third kappa shape index (κ3) is 4.73. The summed E-state index contributed by atoms with van der Waals surface area (Å²) in [6, 6.07) is 4.27. The molecule has 0 saturated carbocycles. The van der Waals surface area contributed by atoms with Gasteiger partial charge in [0, 0.05) is 25.8 Å². The van der Waals surface area contributed by atoms with E-state index in [0.717, 1.165) is 32.0 Å². The average Bonchev–Trinajstić information content (AvgIpc) is 2.32. The summed E-state index contributed by atoms with van der Waals surface area (Å²) in [4.78, 5) is 6.76. The first-order valence-electron chi connectivity index (χ1n) is 6.58. The minimum absolute atomic E-state index is 0.693. The van der Waals surface area contributed by atoms with Gasteiger partial charge in [0.2, 0.25) is 0 Å². The van der Waals surface area contributed by atoms with Gasteiger partial charge in [0.05, 0.1) is 0 Å². The van der Waals surface area contributed by atoms with E-state index in [0.29, 0.717) is 5.92 Å². The van der Waals surface area contributed by atoms with Gasteiger partial charge >= 0.3 is 0 Å². The number of aromatic nitrogens is 1. The number of rotatable bonds is 7. The molecule has 1 rings (SSSR count). The van der Waals surface area contributed by atoms with E-state index in [1.54, 1.807) is 0 Å². The van der Waals surface area contributed by atoms with Crippen LogP contribution in [0.25, 0.3) is 0 Å². The van der Waals surface area contributed by atoms with Crippen LogP contribution in [0.3, 0.4) is 0 Å². The number of nitrogens with one attached hydrogen (secondary N) is 1. The van der Waals surface area contributed by atoms with Crippen LogP contribution in [0.15, 0.2) is 18.3 Å². The zero-order valence-corrected chi connectivity index (χ0v) is 11.5. The molecule has 0 unspecified atom stereocenters. The molecule has 1 aromatic heterocycles. The summed E-state index contributed by atoms with van der Waals surface area (Å²) in [7, 11) is 0. The van der Waals surface area contributed by atoms with Gasteiger partial charge < -0.3 is 10.2 Å². The second kappa shape index (κ2) is 7.28. The molecular weight excluding hydrogens is 210 g/mol. The van der Waals surface area contributed by atoms with E-state index in [9.17, 15) is 0 Å². The van der Waals surface area contributed by atoms with Gasteiger partial charge in [-0.05, 0) is 37.9 Å². The topological polar surface area (TPSA) is 28.2 Å². The van der Waals surface area contributed by atoms with Crippen LogP contribution in [0.2, 0.25) is 0 Å². The lowest BCUT2D eigenvalue weighted by atomic mass is 10.2. The van der Waals surface area contributed by atoms with E-state index >= 15 is 0 Å². The molecule has 0 atom stereocenters. The Bertz CT molecular complexity index is 302. The molecule has 0 aromatic carbocycles. The smallest absolute Gasteiger partial charge is 0.128 e. The molecule has 3 nitrogen and oxygen atoms in total. The Labute approximate surface area is 105 Å². The molecule has 0 spiro atoms. The third-order valence-electron chi connectivity index (χ3n) is 2.78. The largest absolute Gasteiger partial charge is 0.357 e. The summed E-state index contributed by atoms with van der Waals surface area (Å²) in [6.45, 7) is 12.7. The molecule has 1 aromatic rings. The first-order chi connectivity index (χ1) is 8.17. The van der Waals surface area contributed by atoms with Crippen molar-refractivity contribution in [2.75, 3.05) is 24.5 Å². The van der Waals surface area contributed by atoms with Crippen LogP contribution in [0.5, 0.6) is 0 Å². The number of hydrogen-bond donors (Lipinski definition) is 1. The Hall–Kier alpha value is -1.09. The summed E-state index contributed by atoms with van der Waals surface area (Å²) in [5.41, 5.74) is 1.25. The van der Waals surface area contributed by atoms with Gasteiger partial charge in [-0.2, -0.15) is 0 Å². The Morgan fingerprint density at radius 2 is 1.94 bits per heavy atom. The van der Waals surface area contributed by atoms with Crippen molar-refractivity contribution in [3.05, 3.63) is 23.9 Å². The van der Waals surface area contributed by atoms with Gasteiger partial charge in [-0.1, -0.05) is 19.9 Å². The van der Waals surface area contributed by atoms with E-state index in [1.807, 2.05) is 6.20 Å². The van der Waals surface area contributed by atoms with Crippen molar-refractivity contribution in [1.82, 2.24) is 10.3 Å². The van der Waals surface area contributed by atoms with Crippen molar-refractivity contribution in [2.24, 2.45) is 5.92 Å². The van der Waals surface area contributed by atoms with Gasteiger partial charge in [0.15, 0.2) is 0 Å². The van der Waals surface area contributed by atoms with Gasteiger partial charge in [-0.15, -0.1) is 0 Å². The molecule has 0 fully saturated rings. The molecule has 0 bridgehead atoms. The number of nitrogens with zero attached hydrogens (tertiary/aromatic N) is 2. The summed E-state index contributed by atoms with van der Waals surface area (Å²) in [5.74, 6) is 1.76. The van der Waals surface area contributed by atoms with Crippen molar-refractivity contribution < 1.29 is 0 Å². The molecule has 0 radical (unpaired) electrons. The highest BCUT2D eigenvalue weighted by Crippen LogP contribution is 2.10. The molecule has 0 amide bonds. The Balaban J connectivity index is 2.49. The van der Waals surface area contributed by atoms with Gasteiger partial charge in [-0.3, -0.25) is 0 Å². The monoisotopic (exact) mass is 235 g/mol. The molecule has 0 aliphatic heterocycles. The molecule has 1 N–H and O–H groups in total. The summed E-state index contributed by atoms with van der Waals surface area (Å²) in [5, 5.41) is 3.42. The van der Waals surface area contributed by atoms with E-state index in [4.69, 9.17) is 0 Å². The van der Waals surface area contributed by atoms with Crippen LogP contribution in [0.4, 0.5) is 5.82 Å². The standard InChI is InChI=1S/C14H25N3/c1-5-17(6-2)14-8-7-13(11-16-14)10-15-9-12(3)4/h7-8,11-12,15H,5-6,9-10H2,1-4H3. The van der Waals surface area contributed by atoms with E-state index in [2.05, 4.69) is 55.0 Å². The maximum Gasteiger partial charge on any atom is 0.128 e. The molecular formula is C14H25N3. The highest BCUT2D eigenvalue weighted by Gasteiger charge is 2.02. The molecule has 17 heavy (non-hydrogen) atoms. The maximum atomic E-state index is 4.50. The quantitative estimate of drug-likeness (QED) is 0.787. The number of hydrogen-bond acceptors (Lipinski definition) is 3. The van der Waals surface area contributed by atoms with Crippen LogP contribution >= 0.6 is 0 Å². The fraction of sp³-hybridized carbons (Fsp3) is 0.643. The lowest BCUT2D eigenvalue weighted by Gasteiger charge is -2.19. The second-order valence-corrected chi connectivity index (χ2v) is 4.72. The molecule has 96 valence electrons. The Kier molecular flexibility index (Phi) is 5.98. The highest BCUT2D eigenvalue weighted by molar-refractivity contribution is 5.38. The van der Waals surface area contributed by atoms with E-state index in [-0.39, 0.29) is 0 Å². The van der Waals surface area contributed by atoms with Crippen molar-refractivity contribution >= 4 is 5.82 Å². The molecule has 0 aliphatic carbocycles. The van der Waals surface area contributed by atoms with Crippen LogP contribution in [0, 0.1) is 5.92 Å². The predicted molar refractivity (Wildman–Crippen MR) is 74.3 cm³/mol. The fourth-order valence-corrected chi connectivity index (χ4v) is 1.76. The van der Waals surface area contributed by atoms with Crippen molar-refractivity contribution in [3.63, 3.8) is 0 Å². The zero-order chi connectivity index (χ0) is 12.7. The maximum absolute atomic E-state index is 4.50. The first-order valence-corrected chi connectivity index (χ1v) is 6.58.